The molecular weight excluding hydrogens is 268 g/mol. The first-order valence-electron chi connectivity index (χ1n) is 6.75. The van der Waals surface area contributed by atoms with E-state index in [-0.39, 0.29) is 11.8 Å². The Balaban J connectivity index is 1.97. The fraction of sp³-hybridized carbons (Fsp3) is 0.267. The zero-order valence-corrected chi connectivity index (χ0v) is 11.7. The van der Waals surface area contributed by atoms with E-state index >= 15 is 0 Å². The number of rotatable bonds is 3. The van der Waals surface area contributed by atoms with E-state index in [1.807, 2.05) is 12.2 Å². The smallest absolute Gasteiger partial charge is 0.267 e. The molecule has 6 heteroatoms. The van der Waals surface area contributed by atoms with Gasteiger partial charge in [-0.2, -0.15) is 0 Å². The van der Waals surface area contributed by atoms with Gasteiger partial charge < -0.3 is 15.5 Å². The number of pyridine rings is 1. The fourth-order valence-corrected chi connectivity index (χ4v) is 2.32. The van der Waals surface area contributed by atoms with Crippen LogP contribution in [0.25, 0.3) is 16.7 Å². The number of carbonyl (C=O) groups is 1. The van der Waals surface area contributed by atoms with Crippen molar-refractivity contribution < 1.29 is 9.53 Å². The molecule has 0 saturated heterocycles. The highest BCUT2D eigenvalue weighted by molar-refractivity contribution is 5.93. The third-order valence-electron chi connectivity index (χ3n) is 3.48. The van der Waals surface area contributed by atoms with Crippen LogP contribution < -0.4 is 5.73 Å². The molecule has 21 heavy (non-hydrogen) atoms. The number of nitrogens with two attached hydrogens (primary N) is 1. The van der Waals surface area contributed by atoms with Crippen molar-refractivity contribution in [3.05, 3.63) is 41.9 Å². The normalized spacial score (nSPS) is 18.5. The molecule has 1 amide bonds. The highest BCUT2D eigenvalue weighted by atomic mass is 16.5. The fourth-order valence-electron chi connectivity index (χ4n) is 2.32. The van der Waals surface area contributed by atoms with Crippen LogP contribution in [0, 0.1) is 0 Å². The van der Waals surface area contributed by atoms with Gasteiger partial charge in [-0.05, 0) is 25.0 Å². The van der Waals surface area contributed by atoms with Crippen LogP contribution in [-0.4, -0.2) is 34.1 Å². The number of nitrogens with zero attached hydrogens (tertiary/aromatic N) is 2. The van der Waals surface area contributed by atoms with E-state index in [0.717, 1.165) is 29.8 Å². The number of allylic oxidation sites excluding steroid dienone is 3. The van der Waals surface area contributed by atoms with E-state index < -0.39 is 5.91 Å². The van der Waals surface area contributed by atoms with Gasteiger partial charge in [-0.3, -0.25) is 4.79 Å². The average molecular weight is 284 g/mol. The van der Waals surface area contributed by atoms with Crippen LogP contribution in [-0.2, 0) is 4.74 Å². The van der Waals surface area contributed by atoms with Crippen LogP contribution in [0.1, 0.15) is 29.2 Å². The number of ether oxygens (including phenoxy) is 1. The minimum atomic E-state index is -0.557. The van der Waals surface area contributed by atoms with Crippen molar-refractivity contribution in [2.24, 2.45) is 5.73 Å². The van der Waals surface area contributed by atoms with E-state index in [2.05, 4.69) is 21.0 Å². The Morgan fingerprint density at radius 2 is 2.29 bits per heavy atom. The molecule has 1 unspecified atom stereocenters. The highest BCUT2D eigenvalue weighted by Gasteiger charge is 2.12. The summed E-state index contributed by atoms with van der Waals surface area (Å²) in [5, 5.41) is 0. The summed E-state index contributed by atoms with van der Waals surface area (Å²) in [6, 6.07) is 3.35. The number of H-pyrrole nitrogens is 1. The lowest BCUT2D eigenvalue weighted by Gasteiger charge is -2.06. The molecule has 2 aromatic heterocycles. The number of nitrogens with one attached hydrogen (secondary N) is 1. The number of hydrogen-bond donors (Lipinski definition) is 2. The Kier molecular flexibility index (Phi) is 3.53. The van der Waals surface area contributed by atoms with Crippen molar-refractivity contribution in [2.75, 3.05) is 7.11 Å². The number of carbonyl (C=O) groups excluding carboxylic acids is 1. The molecule has 0 aromatic carbocycles. The van der Waals surface area contributed by atoms with Gasteiger partial charge in [-0.15, -0.1) is 0 Å². The van der Waals surface area contributed by atoms with Crippen molar-refractivity contribution >= 4 is 22.6 Å². The predicted octanol–water partition coefficient (Wildman–Crippen LogP) is 1.81. The summed E-state index contributed by atoms with van der Waals surface area (Å²) >= 11 is 0. The van der Waals surface area contributed by atoms with Crippen LogP contribution in [0.5, 0.6) is 0 Å². The third kappa shape index (κ3) is 2.71. The minimum Gasteiger partial charge on any atom is -0.377 e. The van der Waals surface area contributed by atoms with Gasteiger partial charge in [-0.25, -0.2) is 9.97 Å². The lowest BCUT2D eigenvalue weighted by atomic mass is 10.2. The summed E-state index contributed by atoms with van der Waals surface area (Å²) in [5.41, 5.74) is 7.70. The van der Waals surface area contributed by atoms with Gasteiger partial charge in [0.15, 0.2) is 5.65 Å². The first kappa shape index (κ1) is 13.5. The number of amides is 1. The van der Waals surface area contributed by atoms with Crippen molar-refractivity contribution in [2.45, 2.75) is 18.9 Å². The summed E-state index contributed by atoms with van der Waals surface area (Å²) in [5.74, 6) is 0.171. The largest absolute Gasteiger partial charge is 0.377 e. The van der Waals surface area contributed by atoms with Gasteiger partial charge in [0.25, 0.3) is 5.91 Å². The Hall–Kier alpha value is -2.47. The molecule has 0 aliphatic heterocycles. The second-order valence-electron chi connectivity index (χ2n) is 4.89. The number of primary amides is 1. The van der Waals surface area contributed by atoms with Gasteiger partial charge in [0.1, 0.15) is 11.5 Å². The number of fused-ring (bicyclic) bond motifs is 1. The average Bonchev–Trinajstić information content (AvgIpc) is 2.75. The Morgan fingerprint density at radius 3 is 3.05 bits per heavy atom. The molecule has 6 nitrogen and oxygen atoms in total. The van der Waals surface area contributed by atoms with E-state index in [1.54, 1.807) is 19.2 Å². The minimum absolute atomic E-state index is 0.128. The van der Waals surface area contributed by atoms with Crippen molar-refractivity contribution in [1.29, 1.82) is 0 Å². The second-order valence-corrected chi connectivity index (χ2v) is 4.89. The number of methoxy groups -OCH3 is 1. The van der Waals surface area contributed by atoms with E-state index in [9.17, 15) is 4.79 Å². The summed E-state index contributed by atoms with van der Waals surface area (Å²) in [6.07, 6.45) is 8.12. The predicted molar refractivity (Wildman–Crippen MR) is 79.6 cm³/mol. The molecular formula is C15H16N4O2. The van der Waals surface area contributed by atoms with Gasteiger partial charge in [0, 0.05) is 12.7 Å². The van der Waals surface area contributed by atoms with Crippen LogP contribution >= 0.6 is 0 Å². The monoisotopic (exact) mass is 284 g/mol. The summed E-state index contributed by atoms with van der Waals surface area (Å²) in [7, 11) is 1.70. The Morgan fingerprint density at radius 1 is 1.43 bits per heavy atom. The van der Waals surface area contributed by atoms with Crippen LogP contribution in [0.3, 0.4) is 0 Å². The third-order valence-corrected chi connectivity index (χ3v) is 3.48. The maximum atomic E-state index is 11.2. The molecule has 1 aliphatic carbocycles. The first-order valence-corrected chi connectivity index (χ1v) is 6.75. The summed E-state index contributed by atoms with van der Waals surface area (Å²) in [4.78, 5) is 22.9. The molecule has 3 rings (SSSR count). The molecule has 0 radical (unpaired) electrons. The standard InChI is InChI=1S/C15H16N4O2/c1-21-10-4-2-3-9(5-6-10)14-18-12-8-7-11(13(16)20)17-15(12)19-14/h3,5-8,10H,2,4H2,1H3,(H2,16,20)(H,17,18,19). The zero-order chi connectivity index (χ0) is 14.8. The van der Waals surface area contributed by atoms with Crippen molar-refractivity contribution in [1.82, 2.24) is 15.0 Å². The SMILES string of the molecule is COC1C=CC(c2nc3nc(C(N)=O)ccc3[nH]2)=CCC1. The first-order chi connectivity index (χ1) is 10.2. The van der Waals surface area contributed by atoms with Gasteiger partial charge in [-0.1, -0.05) is 18.2 Å². The Labute approximate surface area is 121 Å². The number of hydrogen-bond acceptors (Lipinski definition) is 4. The molecule has 2 aromatic rings. The molecule has 3 N–H and O–H groups in total. The van der Waals surface area contributed by atoms with Crippen LogP contribution in [0.4, 0.5) is 0 Å². The lowest BCUT2D eigenvalue weighted by Crippen LogP contribution is -2.12. The zero-order valence-electron chi connectivity index (χ0n) is 11.7. The van der Waals surface area contributed by atoms with E-state index in [4.69, 9.17) is 10.5 Å². The number of aromatic amines is 1. The number of imidazole rings is 1. The van der Waals surface area contributed by atoms with Gasteiger partial charge >= 0.3 is 0 Å². The number of aromatic nitrogens is 3. The highest BCUT2D eigenvalue weighted by Crippen LogP contribution is 2.22. The van der Waals surface area contributed by atoms with E-state index in [1.165, 1.54) is 0 Å². The van der Waals surface area contributed by atoms with Crippen LogP contribution in [0.15, 0.2) is 30.4 Å². The van der Waals surface area contributed by atoms with Crippen LogP contribution in [0.2, 0.25) is 0 Å². The summed E-state index contributed by atoms with van der Waals surface area (Å²) < 4.78 is 5.34. The van der Waals surface area contributed by atoms with Crippen molar-refractivity contribution in [3.63, 3.8) is 0 Å². The molecule has 0 bridgehead atoms. The molecule has 0 fully saturated rings. The van der Waals surface area contributed by atoms with Crippen molar-refractivity contribution in [3.8, 4) is 0 Å². The quantitative estimate of drug-likeness (QED) is 0.898. The Bertz CT molecular complexity index is 745. The maximum absolute atomic E-state index is 11.2. The van der Waals surface area contributed by atoms with Gasteiger partial charge in [0.2, 0.25) is 0 Å². The van der Waals surface area contributed by atoms with E-state index in [0.29, 0.717) is 5.65 Å². The maximum Gasteiger partial charge on any atom is 0.267 e. The topological polar surface area (TPSA) is 93.9 Å². The molecule has 0 saturated carbocycles. The molecule has 2 heterocycles. The summed E-state index contributed by atoms with van der Waals surface area (Å²) in [6.45, 7) is 0. The molecule has 1 atom stereocenters. The van der Waals surface area contributed by atoms with Gasteiger partial charge in [0.05, 0.1) is 11.6 Å². The molecule has 108 valence electrons. The molecule has 0 spiro atoms. The molecule has 1 aliphatic rings. The lowest BCUT2D eigenvalue weighted by molar-refractivity contribution is 0.0996. The second kappa shape index (κ2) is 5.49.